The molecule has 5 rings (SSSR count). The summed E-state index contributed by atoms with van der Waals surface area (Å²) < 4.78 is 10.7. The standard InChI is InChI=1S/C30H26N2O4S2/c1-19(30(34)32-22-9-4-6-13-26(22)38-27-14-7-5-10-23(27)32)37-21-17-15-20(16-18-21)31-29(33)28-24(35-2)11-8-12-25(28)36-3/h4-19H,1-3H3,(H,31,33). The average molecular weight is 543 g/mol. The monoisotopic (exact) mass is 542 g/mol. The second-order valence-corrected chi connectivity index (χ2v) is 11.0. The van der Waals surface area contributed by atoms with Gasteiger partial charge < -0.3 is 14.8 Å². The van der Waals surface area contributed by atoms with E-state index >= 15 is 0 Å². The number of methoxy groups -OCH3 is 2. The first kappa shape index (κ1) is 25.8. The molecule has 4 aromatic carbocycles. The zero-order valence-corrected chi connectivity index (χ0v) is 22.8. The number of fused-ring (bicyclic) bond motifs is 2. The van der Waals surface area contributed by atoms with Crippen molar-refractivity contribution in [1.82, 2.24) is 0 Å². The Hall–Kier alpha value is -3.88. The van der Waals surface area contributed by atoms with Gasteiger partial charge in [-0.25, -0.2) is 0 Å². The number of hydrogen-bond donors (Lipinski definition) is 1. The van der Waals surface area contributed by atoms with Crippen LogP contribution in [0.3, 0.4) is 0 Å². The molecule has 192 valence electrons. The van der Waals surface area contributed by atoms with Crippen molar-refractivity contribution >= 4 is 52.4 Å². The number of para-hydroxylation sites is 2. The summed E-state index contributed by atoms with van der Waals surface area (Å²) in [6.45, 7) is 1.92. The molecule has 0 bridgehead atoms. The van der Waals surface area contributed by atoms with Crippen LogP contribution in [-0.2, 0) is 4.79 Å². The Kier molecular flexibility index (Phi) is 7.62. The summed E-state index contributed by atoms with van der Waals surface area (Å²) in [6.07, 6.45) is 0. The van der Waals surface area contributed by atoms with Gasteiger partial charge in [-0.1, -0.05) is 42.1 Å². The number of ether oxygens (including phenoxy) is 2. The van der Waals surface area contributed by atoms with E-state index in [0.717, 1.165) is 26.1 Å². The van der Waals surface area contributed by atoms with Gasteiger partial charge in [0.25, 0.3) is 5.91 Å². The van der Waals surface area contributed by atoms with Gasteiger partial charge in [-0.15, -0.1) is 11.8 Å². The van der Waals surface area contributed by atoms with Crippen molar-refractivity contribution < 1.29 is 19.1 Å². The lowest BCUT2D eigenvalue weighted by Crippen LogP contribution is -2.34. The molecule has 8 heteroatoms. The molecule has 4 aromatic rings. The predicted molar refractivity (Wildman–Crippen MR) is 153 cm³/mol. The van der Waals surface area contributed by atoms with Crippen molar-refractivity contribution in [2.24, 2.45) is 0 Å². The maximum absolute atomic E-state index is 13.7. The fourth-order valence-electron chi connectivity index (χ4n) is 4.26. The van der Waals surface area contributed by atoms with Gasteiger partial charge in [0.05, 0.1) is 30.8 Å². The lowest BCUT2D eigenvalue weighted by atomic mass is 10.1. The maximum atomic E-state index is 13.7. The molecule has 0 spiro atoms. The van der Waals surface area contributed by atoms with Crippen molar-refractivity contribution in [3.05, 3.63) is 96.6 Å². The maximum Gasteiger partial charge on any atom is 0.263 e. The van der Waals surface area contributed by atoms with Gasteiger partial charge in [0, 0.05) is 20.4 Å². The number of amides is 2. The van der Waals surface area contributed by atoms with Crippen LogP contribution >= 0.6 is 23.5 Å². The molecule has 1 aliphatic heterocycles. The second-order valence-electron chi connectivity index (χ2n) is 8.49. The number of rotatable bonds is 7. The lowest BCUT2D eigenvalue weighted by Gasteiger charge is -2.32. The molecule has 0 saturated heterocycles. The zero-order valence-electron chi connectivity index (χ0n) is 21.1. The highest BCUT2D eigenvalue weighted by molar-refractivity contribution is 8.00. The molecule has 0 aliphatic carbocycles. The van der Waals surface area contributed by atoms with E-state index in [4.69, 9.17) is 9.47 Å². The normalized spacial score (nSPS) is 12.7. The van der Waals surface area contributed by atoms with E-state index < -0.39 is 0 Å². The van der Waals surface area contributed by atoms with Crippen molar-refractivity contribution in [3.8, 4) is 11.5 Å². The van der Waals surface area contributed by atoms with Gasteiger partial charge in [0.15, 0.2) is 0 Å². The zero-order chi connectivity index (χ0) is 26.6. The number of carbonyl (C=O) groups excluding carboxylic acids is 2. The minimum Gasteiger partial charge on any atom is -0.496 e. The van der Waals surface area contributed by atoms with Crippen LogP contribution in [0, 0.1) is 0 Å². The van der Waals surface area contributed by atoms with Gasteiger partial charge in [-0.05, 0) is 67.6 Å². The van der Waals surface area contributed by atoms with E-state index in [1.165, 1.54) is 26.0 Å². The number of nitrogens with one attached hydrogen (secondary N) is 1. The quantitative estimate of drug-likeness (QED) is 0.248. The first-order valence-corrected chi connectivity index (χ1v) is 13.7. The van der Waals surface area contributed by atoms with Crippen LogP contribution in [0.4, 0.5) is 17.1 Å². The van der Waals surface area contributed by atoms with Crippen LogP contribution in [0.1, 0.15) is 17.3 Å². The molecule has 2 amide bonds. The van der Waals surface area contributed by atoms with Crippen molar-refractivity contribution in [2.45, 2.75) is 26.9 Å². The summed E-state index contributed by atoms with van der Waals surface area (Å²) in [5.41, 5.74) is 2.76. The number of carbonyl (C=O) groups is 2. The first-order chi connectivity index (χ1) is 18.5. The summed E-state index contributed by atoms with van der Waals surface area (Å²) in [5, 5.41) is 2.56. The van der Waals surface area contributed by atoms with E-state index in [-0.39, 0.29) is 17.1 Å². The summed E-state index contributed by atoms with van der Waals surface area (Å²) in [7, 11) is 3.03. The number of thioether (sulfide) groups is 1. The molecule has 0 saturated carbocycles. The van der Waals surface area contributed by atoms with Crippen molar-refractivity contribution in [3.63, 3.8) is 0 Å². The van der Waals surface area contributed by atoms with Gasteiger partial charge >= 0.3 is 0 Å². The third kappa shape index (κ3) is 5.10. The Labute approximate surface area is 230 Å². The number of nitrogens with zero attached hydrogens (tertiary/aromatic N) is 1. The molecule has 1 unspecified atom stereocenters. The molecule has 6 nitrogen and oxygen atoms in total. The van der Waals surface area contributed by atoms with Gasteiger partial charge in [-0.3, -0.25) is 14.5 Å². The Bertz CT molecular complexity index is 1420. The van der Waals surface area contributed by atoms with E-state index in [0.29, 0.717) is 22.7 Å². The lowest BCUT2D eigenvalue weighted by molar-refractivity contribution is -0.117. The van der Waals surface area contributed by atoms with Crippen molar-refractivity contribution in [2.75, 3.05) is 24.4 Å². The fraction of sp³-hybridized carbons (Fsp3) is 0.133. The largest absolute Gasteiger partial charge is 0.496 e. The summed E-state index contributed by atoms with van der Waals surface area (Å²) >= 11 is 3.16. The van der Waals surface area contributed by atoms with Crippen LogP contribution in [0.15, 0.2) is 106 Å². The Morgan fingerprint density at radius 1 is 0.789 bits per heavy atom. The highest BCUT2D eigenvalue weighted by Gasteiger charge is 2.31. The van der Waals surface area contributed by atoms with E-state index in [1.807, 2.05) is 84.6 Å². The smallest absolute Gasteiger partial charge is 0.263 e. The summed E-state index contributed by atoms with van der Waals surface area (Å²) in [5.74, 6) is 0.542. The molecule has 38 heavy (non-hydrogen) atoms. The molecule has 0 aromatic heterocycles. The highest BCUT2D eigenvalue weighted by atomic mass is 32.2. The minimum atomic E-state index is -0.336. The Morgan fingerprint density at radius 2 is 1.34 bits per heavy atom. The summed E-state index contributed by atoms with van der Waals surface area (Å²) in [6, 6.07) is 28.6. The summed E-state index contributed by atoms with van der Waals surface area (Å²) in [4.78, 5) is 31.6. The van der Waals surface area contributed by atoms with Crippen molar-refractivity contribution in [1.29, 1.82) is 0 Å². The molecule has 1 heterocycles. The highest BCUT2D eigenvalue weighted by Crippen LogP contribution is 2.48. The van der Waals surface area contributed by atoms with E-state index in [2.05, 4.69) is 5.32 Å². The number of hydrogen-bond acceptors (Lipinski definition) is 6. The topological polar surface area (TPSA) is 67.9 Å². The molecule has 1 N–H and O–H groups in total. The third-order valence-corrected chi connectivity index (χ3v) is 8.31. The Balaban J connectivity index is 1.31. The second kappa shape index (κ2) is 11.2. The van der Waals surface area contributed by atoms with Gasteiger partial charge in [0.2, 0.25) is 5.91 Å². The number of anilines is 3. The molecular weight excluding hydrogens is 516 g/mol. The van der Waals surface area contributed by atoms with Crippen LogP contribution in [0.5, 0.6) is 11.5 Å². The van der Waals surface area contributed by atoms with Crippen LogP contribution in [0.25, 0.3) is 0 Å². The first-order valence-electron chi connectivity index (χ1n) is 12.0. The van der Waals surface area contributed by atoms with Crippen LogP contribution in [0.2, 0.25) is 0 Å². The molecule has 0 fully saturated rings. The molecule has 1 aliphatic rings. The predicted octanol–water partition coefficient (Wildman–Crippen LogP) is 7.27. The van der Waals surface area contributed by atoms with E-state index in [1.54, 1.807) is 30.0 Å². The molecule has 0 radical (unpaired) electrons. The van der Waals surface area contributed by atoms with Crippen LogP contribution < -0.4 is 19.7 Å². The van der Waals surface area contributed by atoms with Gasteiger partial charge in [0.1, 0.15) is 17.1 Å². The molecular formula is C30H26N2O4S2. The average Bonchev–Trinajstić information content (AvgIpc) is 2.95. The van der Waals surface area contributed by atoms with E-state index in [9.17, 15) is 9.59 Å². The minimum absolute atomic E-state index is 0.0100. The fourth-order valence-corrected chi connectivity index (χ4v) is 6.23. The number of benzene rings is 4. The third-order valence-electron chi connectivity index (χ3n) is 6.08. The van der Waals surface area contributed by atoms with Crippen LogP contribution in [-0.4, -0.2) is 31.3 Å². The van der Waals surface area contributed by atoms with Gasteiger partial charge in [-0.2, -0.15) is 0 Å². The Morgan fingerprint density at radius 3 is 1.89 bits per heavy atom. The SMILES string of the molecule is COc1cccc(OC)c1C(=O)Nc1ccc(SC(C)C(=O)N2c3ccccc3Sc3ccccc32)cc1. The molecule has 1 atom stereocenters.